The molecule has 1 aromatic heterocycles. The smallest absolute Gasteiger partial charge is 0.259 e. The van der Waals surface area contributed by atoms with Gasteiger partial charge in [0, 0.05) is 26.4 Å². The normalized spacial score (nSPS) is 10.7. The minimum absolute atomic E-state index is 0.0627. The molecule has 0 aromatic carbocycles. The number of carbonyl (C=O) groups is 1. The van der Waals surface area contributed by atoms with E-state index < -0.39 is 0 Å². The summed E-state index contributed by atoms with van der Waals surface area (Å²) >= 11 is 0. The molecule has 0 N–H and O–H groups in total. The predicted molar refractivity (Wildman–Crippen MR) is 78.0 cm³/mol. The molecule has 1 rings (SSSR count). The number of hydrogen-bond donors (Lipinski definition) is 0. The van der Waals surface area contributed by atoms with Gasteiger partial charge in [-0.3, -0.25) is 4.79 Å². The van der Waals surface area contributed by atoms with E-state index in [4.69, 9.17) is 9.47 Å². The minimum atomic E-state index is -0.0627. The van der Waals surface area contributed by atoms with Crippen LogP contribution in [0.15, 0.2) is 18.3 Å². The molecular weight excluding hydrogens is 256 g/mol. The highest BCUT2D eigenvalue weighted by atomic mass is 16.5. The van der Waals surface area contributed by atoms with Gasteiger partial charge in [-0.05, 0) is 25.0 Å². The lowest BCUT2D eigenvalue weighted by molar-refractivity contribution is 0.0667. The summed E-state index contributed by atoms with van der Waals surface area (Å²) in [5, 5.41) is 0. The maximum absolute atomic E-state index is 12.6. The molecule has 112 valence electrons. The van der Waals surface area contributed by atoms with Crippen molar-refractivity contribution in [2.75, 3.05) is 33.4 Å². The molecule has 0 spiro atoms. The summed E-state index contributed by atoms with van der Waals surface area (Å²) in [5.74, 6) is 0.724. The molecule has 5 heteroatoms. The van der Waals surface area contributed by atoms with Crippen LogP contribution in [0.25, 0.3) is 0 Å². The molecule has 20 heavy (non-hydrogen) atoms. The molecule has 0 saturated heterocycles. The van der Waals surface area contributed by atoms with Crippen LogP contribution < -0.4 is 4.74 Å². The standard InChI is InChI=1S/C15H24N2O3/c1-5-20-14-13(7-6-8-16-14)15(18)17(9-10-19-4)11-12(2)3/h6-8,12H,5,9-11H2,1-4H3. The van der Waals surface area contributed by atoms with Gasteiger partial charge in [-0.2, -0.15) is 0 Å². The molecule has 0 fully saturated rings. The van der Waals surface area contributed by atoms with Crippen LogP contribution in [0.3, 0.4) is 0 Å². The Balaban J connectivity index is 2.92. The van der Waals surface area contributed by atoms with Gasteiger partial charge >= 0.3 is 0 Å². The first-order valence-electron chi connectivity index (χ1n) is 6.96. The van der Waals surface area contributed by atoms with Gasteiger partial charge in [0.05, 0.1) is 13.2 Å². The highest BCUT2D eigenvalue weighted by molar-refractivity contribution is 5.96. The van der Waals surface area contributed by atoms with Gasteiger partial charge in [-0.15, -0.1) is 0 Å². The average Bonchev–Trinajstić information content (AvgIpc) is 2.43. The van der Waals surface area contributed by atoms with Crippen LogP contribution in [0.2, 0.25) is 0 Å². The van der Waals surface area contributed by atoms with Crippen molar-refractivity contribution in [2.24, 2.45) is 5.92 Å². The second kappa shape index (κ2) is 8.53. The zero-order chi connectivity index (χ0) is 15.0. The Labute approximate surface area is 120 Å². The van der Waals surface area contributed by atoms with Crippen molar-refractivity contribution in [1.29, 1.82) is 0 Å². The molecule has 0 aliphatic rings. The van der Waals surface area contributed by atoms with E-state index in [2.05, 4.69) is 18.8 Å². The van der Waals surface area contributed by atoms with E-state index in [0.29, 0.717) is 43.7 Å². The third kappa shape index (κ3) is 4.81. The molecule has 0 radical (unpaired) electrons. The summed E-state index contributed by atoms with van der Waals surface area (Å²) in [6.45, 7) is 8.29. The third-order valence-corrected chi connectivity index (χ3v) is 2.72. The van der Waals surface area contributed by atoms with Crippen LogP contribution in [0.5, 0.6) is 5.88 Å². The molecule has 1 amide bonds. The van der Waals surface area contributed by atoms with Crippen LogP contribution in [-0.2, 0) is 4.74 Å². The molecule has 0 aliphatic carbocycles. The van der Waals surface area contributed by atoms with Crippen molar-refractivity contribution in [2.45, 2.75) is 20.8 Å². The average molecular weight is 280 g/mol. The van der Waals surface area contributed by atoms with Gasteiger partial charge in [0.2, 0.25) is 5.88 Å². The van der Waals surface area contributed by atoms with Gasteiger partial charge in [-0.25, -0.2) is 4.98 Å². The molecule has 1 aromatic rings. The third-order valence-electron chi connectivity index (χ3n) is 2.72. The van der Waals surface area contributed by atoms with E-state index in [0.717, 1.165) is 0 Å². The fourth-order valence-electron chi connectivity index (χ4n) is 1.89. The number of carbonyl (C=O) groups excluding carboxylic acids is 1. The Bertz CT molecular complexity index is 421. The predicted octanol–water partition coefficient (Wildman–Crippen LogP) is 2.22. The lowest BCUT2D eigenvalue weighted by Gasteiger charge is -2.24. The summed E-state index contributed by atoms with van der Waals surface area (Å²) in [6.07, 6.45) is 1.63. The van der Waals surface area contributed by atoms with Crippen molar-refractivity contribution < 1.29 is 14.3 Å². The first-order chi connectivity index (χ1) is 9.60. The van der Waals surface area contributed by atoms with E-state index >= 15 is 0 Å². The molecular formula is C15H24N2O3. The Kier molecular flexibility index (Phi) is 7.01. The summed E-state index contributed by atoms with van der Waals surface area (Å²) in [7, 11) is 1.63. The Morgan fingerprint density at radius 3 is 2.80 bits per heavy atom. The van der Waals surface area contributed by atoms with E-state index in [9.17, 15) is 4.79 Å². The Morgan fingerprint density at radius 2 is 2.20 bits per heavy atom. The lowest BCUT2D eigenvalue weighted by atomic mass is 10.1. The molecule has 0 atom stereocenters. The quantitative estimate of drug-likeness (QED) is 0.732. The lowest BCUT2D eigenvalue weighted by Crippen LogP contribution is -2.37. The largest absolute Gasteiger partial charge is 0.477 e. The summed E-state index contributed by atoms with van der Waals surface area (Å²) in [5.41, 5.74) is 0.506. The number of pyridine rings is 1. The summed E-state index contributed by atoms with van der Waals surface area (Å²) < 4.78 is 10.5. The van der Waals surface area contributed by atoms with Crippen molar-refractivity contribution in [3.8, 4) is 5.88 Å². The van der Waals surface area contributed by atoms with Crippen molar-refractivity contribution >= 4 is 5.91 Å². The zero-order valence-electron chi connectivity index (χ0n) is 12.8. The number of methoxy groups -OCH3 is 1. The van der Waals surface area contributed by atoms with Crippen LogP contribution in [0.1, 0.15) is 31.1 Å². The van der Waals surface area contributed by atoms with E-state index in [1.807, 2.05) is 6.92 Å². The molecule has 0 aliphatic heterocycles. The molecule has 0 bridgehead atoms. The van der Waals surface area contributed by atoms with Gasteiger partial charge in [-0.1, -0.05) is 13.8 Å². The summed E-state index contributed by atoms with van der Waals surface area (Å²) in [6, 6.07) is 3.50. The van der Waals surface area contributed by atoms with Crippen molar-refractivity contribution in [3.05, 3.63) is 23.9 Å². The van der Waals surface area contributed by atoms with Gasteiger partial charge < -0.3 is 14.4 Å². The number of amides is 1. The zero-order valence-corrected chi connectivity index (χ0v) is 12.8. The maximum atomic E-state index is 12.6. The fraction of sp³-hybridized carbons (Fsp3) is 0.600. The van der Waals surface area contributed by atoms with Gasteiger partial charge in [0.15, 0.2) is 0 Å². The van der Waals surface area contributed by atoms with E-state index in [1.54, 1.807) is 30.3 Å². The monoisotopic (exact) mass is 280 g/mol. The SMILES string of the molecule is CCOc1ncccc1C(=O)N(CCOC)CC(C)C. The second-order valence-electron chi connectivity index (χ2n) is 4.93. The van der Waals surface area contributed by atoms with Gasteiger partial charge in [0.1, 0.15) is 5.56 Å². The van der Waals surface area contributed by atoms with E-state index in [1.165, 1.54) is 0 Å². The molecule has 0 unspecified atom stereocenters. The Morgan fingerprint density at radius 1 is 1.45 bits per heavy atom. The number of aromatic nitrogens is 1. The highest BCUT2D eigenvalue weighted by Crippen LogP contribution is 2.17. The number of nitrogens with zero attached hydrogens (tertiary/aromatic N) is 2. The number of rotatable bonds is 8. The van der Waals surface area contributed by atoms with Crippen molar-refractivity contribution in [3.63, 3.8) is 0 Å². The highest BCUT2D eigenvalue weighted by Gasteiger charge is 2.20. The second-order valence-corrected chi connectivity index (χ2v) is 4.93. The molecule has 1 heterocycles. The summed E-state index contributed by atoms with van der Waals surface area (Å²) in [4.78, 5) is 18.5. The van der Waals surface area contributed by atoms with Crippen LogP contribution >= 0.6 is 0 Å². The first-order valence-corrected chi connectivity index (χ1v) is 6.96. The minimum Gasteiger partial charge on any atom is -0.477 e. The van der Waals surface area contributed by atoms with Crippen LogP contribution in [0, 0.1) is 5.92 Å². The fourth-order valence-corrected chi connectivity index (χ4v) is 1.89. The van der Waals surface area contributed by atoms with Crippen LogP contribution in [0.4, 0.5) is 0 Å². The first kappa shape index (κ1) is 16.4. The Hall–Kier alpha value is -1.62. The number of hydrogen-bond acceptors (Lipinski definition) is 4. The van der Waals surface area contributed by atoms with Crippen LogP contribution in [-0.4, -0.2) is 49.2 Å². The molecule has 5 nitrogen and oxygen atoms in total. The molecule has 0 saturated carbocycles. The number of ether oxygens (including phenoxy) is 2. The van der Waals surface area contributed by atoms with Gasteiger partial charge in [0.25, 0.3) is 5.91 Å². The van der Waals surface area contributed by atoms with E-state index in [-0.39, 0.29) is 5.91 Å². The van der Waals surface area contributed by atoms with Crippen molar-refractivity contribution in [1.82, 2.24) is 9.88 Å². The topological polar surface area (TPSA) is 51.7 Å². The maximum Gasteiger partial charge on any atom is 0.259 e.